The molecule has 1 atom stereocenters. The van der Waals surface area contributed by atoms with Gasteiger partial charge in [0.25, 0.3) is 0 Å². The smallest absolute Gasteiger partial charge is 0.150 e. The Morgan fingerprint density at radius 3 is 2.19 bits per heavy atom. The standard InChI is InChI=1S/C17H16F2N2/c1-3-12-4-6-14(7-5-12)11(2)21-17-15(18)8-13(10-20)9-16(17)19/h4-9,11,21H,3H2,1-2H3. The summed E-state index contributed by atoms with van der Waals surface area (Å²) in [7, 11) is 0. The fourth-order valence-corrected chi connectivity index (χ4v) is 2.12. The Balaban J connectivity index is 2.23. The summed E-state index contributed by atoms with van der Waals surface area (Å²) < 4.78 is 27.7. The van der Waals surface area contributed by atoms with E-state index in [0.717, 1.165) is 24.1 Å². The Morgan fingerprint density at radius 2 is 1.71 bits per heavy atom. The van der Waals surface area contributed by atoms with Gasteiger partial charge < -0.3 is 5.32 Å². The van der Waals surface area contributed by atoms with Crippen LogP contribution in [0.5, 0.6) is 0 Å². The Morgan fingerprint density at radius 1 is 1.14 bits per heavy atom. The Bertz CT molecular complexity index is 649. The highest BCUT2D eigenvalue weighted by Gasteiger charge is 2.14. The molecule has 21 heavy (non-hydrogen) atoms. The lowest BCUT2D eigenvalue weighted by atomic mass is 10.0. The van der Waals surface area contributed by atoms with Crippen LogP contribution in [0.15, 0.2) is 36.4 Å². The van der Waals surface area contributed by atoms with E-state index in [1.165, 1.54) is 5.56 Å². The van der Waals surface area contributed by atoms with Gasteiger partial charge in [-0.2, -0.15) is 5.26 Å². The minimum atomic E-state index is -0.761. The molecule has 0 amide bonds. The van der Waals surface area contributed by atoms with Gasteiger partial charge in [-0.15, -0.1) is 0 Å². The summed E-state index contributed by atoms with van der Waals surface area (Å²) in [5, 5.41) is 11.5. The van der Waals surface area contributed by atoms with E-state index in [-0.39, 0.29) is 17.3 Å². The van der Waals surface area contributed by atoms with Gasteiger partial charge in [-0.25, -0.2) is 8.78 Å². The second-order valence-electron chi connectivity index (χ2n) is 4.89. The molecule has 0 radical (unpaired) electrons. The molecule has 1 unspecified atom stereocenters. The van der Waals surface area contributed by atoms with Crippen molar-refractivity contribution in [2.45, 2.75) is 26.3 Å². The van der Waals surface area contributed by atoms with E-state index in [4.69, 9.17) is 5.26 Å². The van der Waals surface area contributed by atoms with Gasteiger partial charge >= 0.3 is 0 Å². The molecule has 0 aliphatic carbocycles. The maximum Gasteiger partial charge on any atom is 0.150 e. The largest absolute Gasteiger partial charge is 0.374 e. The van der Waals surface area contributed by atoms with Crippen molar-refractivity contribution >= 4 is 5.69 Å². The van der Waals surface area contributed by atoms with Gasteiger partial charge in [-0.05, 0) is 36.6 Å². The van der Waals surface area contributed by atoms with Crippen LogP contribution in [0.3, 0.4) is 0 Å². The molecule has 0 fully saturated rings. The first-order valence-electron chi connectivity index (χ1n) is 6.79. The molecular formula is C17H16F2N2. The second-order valence-corrected chi connectivity index (χ2v) is 4.89. The zero-order valence-corrected chi connectivity index (χ0v) is 12.0. The Kier molecular flexibility index (Phi) is 4.54. The fourth-order valence-electron chi connectivity index (χ4n) is 2.12. The first kappa shape index (κ1) is 15.0. The van der Waals surface area contributed by atoms with E-state index in [1.807, 2.05) is 31.2 Å². The number of aryl methyl sites for hydroxylation is 1. The summed E-state index contributed by atoms with van der Waals surface area (Å²) in [4.78, 5) is 0. The van der Waals surface area contributed by atoms with Crippen LogP contribution in [0.2, 0.25) is 0 Å². The highest BCUT2D eigenvalue weighted by Crippen LogP contribution is 2.25. The molecule has 0 aliphatic heterocycles. The van der Waals surface area contributed by atoms with Crippen molar-refractivity contribution in [3.05, 3.63) is 64.7 Å². The number of halogens is 2. The summed E-state index contributed by atoms with van der Waals surface area (Å²) in [6, 6.07) is 11.4. The summed E-state index contributed by atoms with van der Waals surface area (Å²) in [6.07, 6.45) is 0.945. The molecule has 108 valence electrons. The van der Waals surface area contributed by atoms with Crippen LogP contribution < -0.4 is 5.32 Å². The molecule has 4 heteroatoms. The van der Waals surface area contributed by atoms with E-state index in [2.05, 4.69) is 12.2 Å². The van der Waals surface area contributed by atoms with Crippen LogP contribution >= 0.6 is 0 Å². The number of nitrogens with zero attached hydrogens (tertiary/aromatic N) is 1. The lowest BCUT2D eigenvalue weighted by Crippen LogP contribution is -2.10. The molecule has 0 saturated heterocycles. The zero-order chi connectivity index (χ0) is 15.4. The van der Waals surface area contributed by atoms with Gasteiger partial charge in [0, 0.05) is 6.04 Å². The zero-order valence-electron chi connectivity index (χ0n) is 12.0. The van der Waals surface area contributed by atoms with Gasteiger partial charge in [-0.1, -0.05) is 31.2 Å². The maximum atomic E-state index is 13.8. The van der Waals surface area contributed by atoms with E-state index in [9.17, 15) is 8.78 Å². The normalized spacial score (nSPS) is 11.8. The van der Waals surface area contributed by atoms with Crippen LogP contribution in [-0.2, 0) is 6.42 Å². The number of nitriles is 1. The molecule has 0 aromatic heterocycles. The summed E-state index contributed by atoms with van der Waals surface area (Å²) in [6.45, 7) is 3.90. The lowest BCUT2D eigenvalue weighted by Gasteiger charge is -2.17. The van der Waals surface area contributed by atoms with E-state index in [1.54, 1.807) is 6.07 Å². The summed E-state index contributed by atoms with van der Waals surface area (Å²) in [5.41, 5.74) is 1.91. The van der Waals surface area contributed by atoms with Gasteiger partial charge in [0.15, 0.2) is 11.6 Å². The number of rotatable bonds is 4. The van der Waals surface area contributed by atoms with Crippen molar-refractivity contribution in [3.63, 3.8) is 0 Å². The number of nitrogens with one attached hydrogen (secondary N) is 1. The average molecular weight is 286 g/mol. The van der Waals surface area contributed by atoms with Crippen molar-refractivity contribution < 1.29 is 8.78 Å². The average Bonchev–Trinajstić information content (AvgIpc) is 2.50. The third-order valence-electron chi connectivity index (χ3n) is 3.42. The monoisotopic (exact) mass is 286 g/mol. The third-order valence-corrected chi connectivity index (χ3v) is 3.42. The Hall–Kier alpha value is -2.41. The molecule has 1 N–H and O–H groups in total. The highest BCUT2D eigenvalue weighted by molar-refractivity contribution is 5.51. The fraction of sp³-hybridized carbons (Fsp3) is 0.235. The first-order valence-corrected chi connectivity index (χ1v) is 6.79. The molecule has 0 spiro atoms. The summed E-state index contributed by atoms with van der Waals surface area (Å²) in [5.74, 6) is -1.52. The molecule has 0 aliphatic rings. The highest BCUT2D eigenvalue weighted by atomic mass is 19.1. The van der Waals surface area contributed by atoms with Crippen molar-refractivity contribution in [2.75, 3.05) is 5.32 Å². The Labute approximate surface area is 123 Å². The molecule has 0 heterocycles. The second kappa shape index (κ2) is 6.36. The van der Waals surface area contributed by atoms with Gasteiger partial charge in [-0.3, -0.25) is 0 Å². The SMILES string of the molecule is CCc1ccc(C(C)Nc2c(F)cc(C#N)cc2F)cc1. The predicted molar refractivity (Wildman–Crippen MR) is 78.9 cm³/mol. The molecule has 0 saturated carbocycles. The van der Waals surface area contributed by atoms with Crippen LogP contribution in [0.25, 0.3) is 0 Å². The topological polar surface area (TPSA) is 35.8 Å². The molecule has 2 aromatic carbocycles. The predicted octanol–water partition coefficient (Wildman–Crippen LogP) is 4.57. The molecule has 2 nitrogen and oxygen atoms in total. The van der Waals surface area contributed by atoms with Crippen LogP contribution in [0.1, 0.15) is 36.6 Å². The molecule has 2 aromatic rings. The van der Waals surface area contributed by atoms with Crippen LogP contribution in [-0.4, -0.2) is 0 Å². The molecule has 0 bridgehead atoms. The minimum Gasteiger partial charge on any atom is -0.374 e. The van der Waals surface area contributed by atoms with Crippen molar-refractivity contribution in [2.24, 2.45) is 0 Å². The van der Waals surface area contributed by atoms with E-state index < -0.39 is 11.6 Å². The lowest BCUT2D eigenvalue weighted by molar-refractivity contribution is 0.584. The number of hydrogen-bond acceptors (Lipinski definition) is 2. The number of hydrogen-bond donors (Lipinski definition) is 1. The van der Waals surface area contributed by atoms with Gasteiger partial charge in [0.1, 0.15) is 5.69 Å². The van der Waals surface area contributed by atoms with Gasteiger partial charge in [0.2, 0.25) is 0 Å². The van der Waals surface area contributed by atoms with E-state index in [0.29, 0.717) is 0 Å². The molecule has 2 rings (SSSR count). The van der Waals surface area contributed by atoms with Crippen molar-refractivity contribution in [1.82, 2.24) is 0 Å². The van der Waals surface area contributed by atoms with Crippen LogP contribution in [0, 0.1) is 23.0 Å². The minimum absolute atomic E-state index is 0.0319. The molecular weight excluding hydrogens is 270 g/mol. The maximum absolute atomic E-state index is 13.8. The number of benzene rings is 2. The van der Waals surface area contributed by atoms with Crippen molar-refractivity contribution in [1.29, 1.82) is 5.26 Å². The quantitative estimate of drug-likeness (QED) is 0.893. The summed E-state index contributed by atoms with van der Waals surface area (Å²) >= 11 is 0. The van der Waals surface area contributed by atoms with Crippen LogP contribution in [0.4, 0.5) is 14.5 Å². The van der Waals surface area contributed by atoms with Crippen molar-refractivity contribution in [3.8, 4) is 6.07 Å². The van der Waals surface area contributed by atoms with Gasteiger partial charge in [0.05, 0.1) is 11.6 Å². The first-order chi connectivity index (χ1) is 10.0. The number of anilines is 1. The van der Waals surface area contributed by atoms with E-state index >= 15 is 0 Å². The third kappa shape index (κ3) is 3.38.